The predicted molar refractivity (Wildman–Crippen MR) is 57.2 cm³/mol. The van der Waals surface area contributed by atoms with E-state index in [-0.39, 0.29) is 18.0 Å². The lowest BCUT2D eigenvalue weighted by Crippen LogP contribution is -2.56. The Labute approximate surface area is 85.8 Å². The number of nitrogens with one attached hydrogen (secondary N) is 3. The highest BCUT2D eigenvalue weighted by atomic mass is 16.2. The van der Waals surface area contributed by atoms with Crippen LogP contribution in [-0.4, -0.2) is 37.6 Å². The van der Waals surface area contributed by atoms with Crippen LogP contribution in [0.4, 0.5) is 0 Å². The van der Waals surface area contributed by atoms with Crippen LogP contribution in [0, 0.1) is 0 Å². The average Bonchev–Trinajstić information content (AvgIpc) is 2.19. The van der Waals surface area contributed by atoms with Gasteiger partial charge >= 0.3 is 0 Å². The van der Waals surface area contributed by atoms with Crippen LogP contribution < -0.4 is 16.0 Å². The van der Waals surface area contributed by atoms with E-state index < -0.39 is 0 Å². The number of piperazine rings is 1. The average molecular weight is 199 g/mol. The summed E-state index contributed by atoms with van der Waals surface area (Å²) >= 11 is 0. The molecule has 0 aromatic carbocycles. The van der Waals surface area contributed by atoms with Gasteiger partial charge in [0.25, 0.3) is 0 Å². The van der Waals surface area contributed by atoms with Crippen molar-refractivity contribution in [1.29, 1.82) is 0 Å². The molecular weight excluding hydrogens is 178 g/mol. The molecule has 0 aromatic rings. The van der Waals surface area contributed by atoms with E-state index in [0.29, 0.717) is 0 Å². The second-order valence-electron chi connectivity index (χ2n) is 3.91. The molecule has 4 nitrogen and oxygen atoms in total. The van der Waals surface area contributed by atoms with E-state index in [0.717, 1.165) is 32.5 Å². The van der Waals surface area contributed by atoms with Gasteiger partial charge in [-0.2, -0.15) is 0 Å². The summed E-state index contributed by atoms with van der Waals surface area (Å²) in [5, 5.41) is 9.40. The standard InChI is InChI=1S/C10H21N3O/c1-3-4-8(2)13-10(14)9-7-11-5-6-12-9/h8-9,11-12H,3-7H2,1-2H3,(H,13,14). The minimum Gasteiger partial charge on any atom is -0.352 e. The van der Waals surface area contributed by atoms with Gasteiger partial charge < -0.3 is 16.0 Å². The van der Waals surface area contributed by atoms with Crippen molar-refractivity contribution in [3.05, 3.63) is 0 Å². The Morgan fingerprint density at radius 3 is 2.93 bits per heavy atom. The molecule has 1 fully saturated rings. The molecular formula is C10H21N3O. The summed E-state index contributed by atoms with van der Waals surface area (Å²) in [5.74, 6) is 0.123. The fourth-order valence-electron chi connectivity index (χ4n) is 1.69. The summed E-state index contributed by atoms with van der Waals surface area (Å²) in [6.45, 7) is 6.75. The number of hydrogen-bond acceptors (Lipinski definition) is 3. The third-order valence-corrected chi connectivity index (χ3v) is 2.47. The first-order chi connectivity index (χ1) is 6.74. The van der Waals surface area contributed by atoms with Crippen LogP contribution >= 0.6 is 0 Å². The van der Waals surface area contributed by atoms with Crippen molar-refractivity contribution in [3.8, 4) is 0 Å². The van der Waals surface area contributed by atoms with E-state index in [1.54, 1.807) is 0 Å². The summed E-state index contributed by atoms with van der Waals surface area (Å²) in [5.41, 5.74) is 0. The maximum atomic E-state index is 11.7. The van der Waals surface area contributed by atoms with Crippen molar-refractivity contribution in [2.24, 2.45) is 0 Å². The summed E-state index contributed by atoms with van der Waals surface area (Å²) < 4.78 is 0. The van der Waals surface area contributed by atoms with E-state index in [1.165, 1.54) is 0 Å². The SMILES string of the molecule is CCCC(C)NC(=O)C1CNCCN1. The first-order valence-corrected chi connectivity index (χ1v) is 5.48. The molecule has 1 aliphatic rings. The first kappa shape index (κ1) is 11.5. The van der Waals surface area contributed by atoms with E-state index >= 15 is 0 Å². The highest BCUT2D eigenvalue weighted by molar-refractivity contribution is 5.82. The molecule has 0 bridgehead atoms. The van der Waals surface area contributed by atoms with Gasteiger partial charge in [0.2, 0.25) is 5.91 Å². The lowest BCUT2D eigenvalue weighted by molar-refractivity contribution is -0.124. The summed E-state index contributed by atoms with van der Waals surface area (Å²) in [6.07, 6.45) is 2.16. The Morgan fingerprint density at radius 1 is 1.57 bits per heavy atom. The molecule has 1 amide bonds. The number of carbonyl (C=O) groups is 1. The lowest BCUT2D eigenvalue weighted by Gasteiger charge is -2.25. The van der Waals surface area contributed by atoms with Crippen LogP contribution in [0.15, 0.2) is 0 Å². The maximum Gasteiger partial charge on any atom is 0.238 e. The number of rotatable bonds is 4. The van der Waals surface area contributed by atoms with Crippen molar-refractivity contribution < 1.29 is 4.79 Å². The van der Waals surface area contributed by atoms with Gasteiger partial charge in [-0.3, -0.25) is 4.79 Å². The van der Waals surface area contributed by atoms with Crippen LogP contribution in [0.2, 0.25) is 0 Å². The van der Waals surface area contributed by atoms with E-state index in [2.05, 4.69) is 29.8 Å². The third kappa shape index (κ3) is 3.64. The van der Waals surface area contributed by atoms with E-state index in [1.807, 2.05) is 0 Å². The van der Waals surface area contributed by atoms with Crippen molar-refractivity contribution in [1.82, 2.24) is 16.0 Å². The Kier molecular flexibility index (Phi) is 4.90. The van der Waals surface area contributed by atoms with Gasteiger partial charge in [-0.15, -0.1) is 0 Å². The topological polar surface area (TPSA) is 53.2 Å². The molecule has 82 valence electrons. The Balaban J connectivity index is 2.25. The molecule has 0 aliphatic carbocycles. The van der Waals surface area contributed by atoms with Gasteiger partial charge in [0.1, 0.15) is 0 Å². The molecule has 2 atom stereocenters. The molecule has 1 heterocycles. The van der Waals surface area contributed by atoms with Crippen molar-refractivity contribution >= 4 is 5.91 Å². The molecule has 2 unspecified atom stereocenters. The minimum absolute atomic E-state index is 0.0527. The number of amides is 1. The van der Waals surface area contributed by atoms with E-state index in [4.69, 9.17) is 0 Å². The second kappa shape index (κ2) is 5.98. The number of hydrogen-bond donors (Lipinski definition) is 3. The monoisotopic (exact) mass is 199 g/mol. The van der Waals surface area contributed by atoms with Crippen molar-refractivity contribution in [2.75, 3.05) is 19.6 Å². The molecule has 0 saturated carbocycles. The third-order valence-electron chi connectivity index (χ3n) is 2.47. The molecule has 4 heteroatoms. The van der Waals surface area contributed by atoms with Crippen LogP contribution in [0.3, 0.4) is 0 Å². The Bertz CT molecular complexity index is 178. The van der Waals surface area contributed by atoms with Crippen LogP contribution in [-0.2, 0) is 4.79 Å². The highest BCUT2D eigenvalue weighted by Crippen LogP contribution is 1.96. The maximum absolute atomic E-state index is 11.7. The zero-order valence-corrected chi connectivity index (χ0v) is 9.10. The van der Waals surface area contributed by atoms with Crippen molar-refractivity contribution in [3.63, 3.8) is 0 Å². The normalized spacial score (nSPS) is 24.3. The fraction of sp³-hybridized carbons (Fsp3) is 0.900. The van der Waals surface area contributed by atoms with Gasteiger partial charge in [0.05, 0.1) is 6.04 Å². The molecule has 0 radical (unpaired) electrons. The van der Waals surface area contributed by atoms with Gasteiger partial charge in [-0.25, -0.2) is 0 Å². The van der Waals surface area contributed by atoms with E-state index in [9.17, 15) is 4.79 Å². The predicted octanol–water partition coefficient (Wildman–Crippen LogP) is -0.147. The highest BCUT2D eigenvalue weighted by Gasteiger charge is 2.20. The fourth-order valence-corrected chi connectivity index (χ4v) is 1.69. The van der Waals surface area contributed by atoms with Gasteiger partial charge in [0.15, 0.2) is 0 Å². The molecule has 1 saturated heterocycles. The van der Waals surface area contributed by atoms with Crippen LogP contribution in [0.5, 0.6) is 0 Å². The Morgan fingerprint density at radius 2 is 2.36 bits per heavy atom. The molecule has 0 spiro atoms. The zero-order chi connectivity index (χ0) is 10.4. The van der Waals surface area contributed by atoms with Crippen LogP contribution in [0.1, 0.15) is 26.7 Å². The van der Waals surface area contributed by atoms with Gasteiger partial charge in [-0.1, -0.05) is 13.3 Å². The first-order valence-electron chi connectivity index (χ1n) is 5.48. The molecule has 0 aromatic heterocycles. The molecule has 1 aliphatic heterocycles. The summed E-state index contributed by atoms with van der Waals surface area (Å²) in [6, 6.07) is 0.235. The molecule has 1 rings (SSSR count). The second-order valence-corrected chi connectivity index (χ2v) is 3.91. The smallest absolute Gasteiger partial charge is 0.238 e. The van der Waals surface area contributed by atoms with Crippen molar-refractivity contribution in [2.45, 2.75) is 38.8 Å². The summed E-state index contributed by atoms with van der Waals surface area (Å²) in [4.78, 5) is 11.7. The Hall–Kier alpha value is -0.610. The minimum atomic E-state index is -0.0527. The largest absolute Gasteiger partial charge is 0.352 e. The quantitative estimate of drug-likeness (QED) is 0.590. The van der Waals surface area contributed by atoms with Crippen LogP contribution in [0.25, 0.3) is 0 Å². The number of carbonyl (C=O) groups excluding carboxylic acids is 1. The molecule has 14 heavy (non-hydrogen) atoms. The molecule has 3 N–H and O–H groups in total. The zero-order valence-electron chi connectivity index (χ0n) is 9.10. The van der Waals surface area contributed by atoms with Gasteiger partial charge in [-0.05, 0) is 13.3 Å². The lowest BCUT2D eigenvalue weighted by atomic mass is 10.1. The van der Waals surface area contributed by atoms with Gasteiger partial charge in [0, 0.05) is 25.7 Å². The summed E-state index contributed by atoms with van der Waals surface area (Å²) in [7, 11) is 0.